The number of ketones is 1. The van der Waals surface area contributed by atoms with Gasteiger partial charge >= 0.3 is 0 Å². The van der Waals surface area contributed by atoms with Gasteiger partial charge in [-0.05, 0) is 43.2 Å². The molecule has 1 fully saturated rings. The first-order valence-electron chi connectivity index (χ1n) is 11.2. The average Bonchev–Trinajstić information content (AvgIpc) is 3.37. The van der Waals surface area contributed by atoms with Crippen molar-refractivity contribution in [3.8, 4) is 0 Å². The molecule has 13 heteroatoms. The number of piperidine rings is 1. The summed E-state index contributed by atoms with van der Waals surface area (Å²) in [4.78, 5) is 35.8. The molecule has 0 saturated carbocycles. The van der Waals surface area contributed by atoms with Gasteiger partial charge in [0.15, 0.2) is 5.78 Å². The van der Waals surface area contributed by atoms with Crippen LogP contribution in [0.5, 0.6) is 0 Å². The highest BCUT2D eigenvalue weighted by Crippen LogP contribution is 2.30. The maximum absolute atomic E-state index is 14.0. The van der Waals surface area contributed by atoms with Gasteiger partial charge in [0.2, 0.25) is 0 Å². The molecule has 37 heavy (non-hydrogen) atoms. The third-order valence-electron chi connectivity index (χ3n) is 5.99. The number of carbonyl (C=O) groups is 2. The number of nitro benzene ring substituents is 1. The summed E-state index contributed by atoms with van der Waals surface area (Å²) in [5.74, 6) is -3.31. The minimum atomic E-state index is -3.85. The molecule has 0 radical (unpaired) electrons. The molecule has 2 aromatic carbocycles. The van der Waals surface area contributed by atoms with E-state index in [0.717, 1.165) is 29.5 Å². The highest BCUT2D eigenvalue weighted by molar-refractivity contribution is 7.91. The molecule has 3 aromatic rings. The van der Waals surface area contributed by atoms with E-state index in [9.17, 15) is 36.9 Å². The van der Waals surface area contributed by atoms with Crippen molar-refractivity contribution >= 4 is 38.7 Å². The Bertz CT molecular complexity index is 1470. The van der Waals surface area contributed by atoms with Crippen LogP contribution in [0.15, 0.2) is 58.8 Å². The average molecular weight is 550 g/mol. The van der Waals surface area contributed by atoms with Gasteiger partial charge in [0.05, 0.1) is 17.0 Å². The van der Waals surface area contributed by atoms with Gasteiger partial charge in [-0.25, -0.2) is 17.2 Å². The van der Waals surface area contributed by atoms with Crippen molar-refractivity contribution in [1.29, 1.82) is 0 Å². The Morgan fingerprint density at radius 3 is 2.49 bits per heavy atom. The van der Waals surface area contributed by atoms with Crippen molar-refractivity contribution in [3.05, 3.63) is 92.4 Å². The number of hydrogen-bond acceptors (Lipinski definition) is 7. The van der Waals surface area contributed by atoms with E-state index >= 15 is 0 Å². The van der Waals surface area contributed by atoms with Crippen LogP contribution in [0.2, 0.25) is 0 Å². The number of benzene rings is 2. The van der Waals surface area contributed by atoms with Crippen LogP contribution in [0, 0.1) is 27.7 Å². The van der Waals surface area contributed by atoms with Crippen LogP contribution in [0.1, 0.15) is 38.4 Å². The predicted octanol–water partition coefficient (Wildman–Crippen LogP) is 4.15. The molecule has 1 amide bonds. The number of non-ortho nitro benzene ring substituents is 1. The van der Waals surface area contributed by atoms with Gasteiger partial charge in [0, 0.05) is 47.6 Å². The lowest BCUT2D eigenvalue weighted by atomic mass is 9.89. The molecule has 1 aliphatic rings. The first-order valence-corrected chi connectivity index (χ1v) is 13.4. The van der Waals surface area contributed by atoms with E-state index < -0.39 is 44.2 Å². The molecule has 1 aliphatic heterocycles. The molecule has 4 rings (SSSR count). The summed E-state index contributed by atoms with van der Waals surface area (Å²) in [6, 6.07) is 11.0. The van der Waals surface area contributed by atoms with E-state index in [0.29, 0.717) is 10.9 Å². The molecule has 194 valence electrons. The van der Waals surface area contributed by atoms with E-state index in [2.05, 4.69) is 5.32 Å². The molecule has 0 atom stereocenters. The Balaban J connectivity index is 1.35. The number of carbonyl (C=O) groups excluding carboxylic acids is 2. The van der Waals surface area contributed by atoms with E-state index in [4.69, 9.17) is 0 Å². The van der Waals surface area contributed by atoms with Gasteiger partial charge in [-0.1, -0.05) is 6.07 Å². The highest BCUT2D eigenvalue weighted by atomic mass is 32.2. The van der Waals surface area contributed by atoms with Gasteiger partial charge in [-0.2, -0.15) is 4.31 Å². The number of hydrogen-bond donors (Lipinski definition) is 1. The number of halogens is 2. The van der Waals surface area contributed by atoms with Crippen LogP contribution in [-0.4, -0.2) is 42.4 Å². The maximum Gasteiger partial charge on any atom is 0.270 e. The van der Waals surface area contributed by atoms with Crippen molar-refractivity contribution in [2.45, 2.75) is 23.6 Å². The van der Waals surface area contributed by atoms with Crippen molar-refractivity contribution in [1.82, 2.24) is 9.62 Å². The fraction of sp³-hybridized carbons (Fsp3) is 0.250. The molecule has 1 saturated heterocycles. The molecule has 1 aromatic heterocycles. The molecule has 9 nitrogen and oxygen atoms in total. The molecule has 0 bridgehead atoms. The van der Waals surface area contributed by atoms with Gasteiger partial charge in [0.1, 0.15) is 15.8 Å². The number of nitro groups is 1. The Hall–Kier alpha value is -3.55. The van der Waals surface area contributed by atoms with E-state index in [1.807, 2.05) is 0 Å². The number of Topliss-reactive ketones (excluding diaryl/α,β-unsaturated/α-hetero) is 1. The second kappa shape index (κ2) is 10.8. The third kappa shape index (κ3) is 5.89. The summed E-state index contributed by atoms with van der Waals surface area (Å²) < 4.78 is 54.6. The van der Waals surface area contributed by atoms with E-state index in [1.54, 1.807) is 6.07 Å². The number of sulfonamides is 1. The minimum absolute atomic E-state index is 0.0293. The summed E-state index contributed by atoms with van der Waals surface area (Å²) in [6.45, 7) is 0.165. The minimum Gasteiger partial charge on any atom is -0.347 e. The van der Waals surface area contributed by atoms with Gasteiger partial charge < -0.3 is 5.32 Å². The lowest BCUT2D eigenvalue weighted by molar-refractivity contribution is -0.384. The first kappa shape index (κ1) is 26.5. The van der Waals surface area contributed by atoms with Crippen molar-refractivity contribution in [2.75, 3.05) is 13.1 Å². The second-order valence-corrected chi connectivity index (χ2v) is 11.7. The number of thiophene rings is 1. The third-order valence-corrected chi connectivity index (χ3v) is 9.45. The Labute approximate surface area is 214 Å². The largest absolute Gasteiger partial charge is 0.347 e. The van der Waals surface area contributed by atoms with Gasteiger partial charge in [-0.3, -0.25) is 19.7 Å². The Morgan fingerprint density at radius 2 is 1.81 bits per heavy atom. The first-order chi connectivity index (χ1) is 17.6. The monoisotopic (exact) mass is 549 g/mol. The zero-order valence-corrected chi connectivity index (χ0v) is 20.9. The summed E-state index contributed by atoms with van der Waals surface area (Å²) in [6.07, 6.45) is 0.402. The van der Waals surface area contributed by atoms with Crippen molar-refractivity contribution < 1.29 is 31.7 Å². The normalized spacial score (nSPS) is 14.9. The second-order valence-electron chi connectivity index (χ2n) is 8.38. The molecule has 0 unspecified atom stereocenters. The standard InChI is InChI=1S/C24H21F2N3O6S2/c25-17-4-6-20(21(26)13-17)23(30)15-8-10-28(11-9-15)37(34,35)22-7-5-19(36-22)14-27-24(31)16-2-1-3-18(12-16)29(32)33/h1-7,12-13,15H,8-11,14H2,(H,27,31). The molecule has 0 spiro atoms. The summed E-state index contributed by atoms with van der Waals surface area (Å²) in [7, 11) is -3.85. The lowest BCUT2D eigenvalue weighted by Gasteiger charge is -2.30. The van der Waals surface area contributed by atoms with Gasteiger partial charge in [-0.15, -0.1) is 11.3 Å². The fourth-order valence-corrected chi connectivity index (χ4v) is 6.94. The SMILES string of the molecule is O=C(NCc1ccc(S(=O)(=O)N2CCC(C(=O)c3ccc(F)cc3F)CC2)s1)c1cccc([N+](=O)[O-])c1. The number of nitrogens with zero attached hydrogens (tertiary/aromatic N) is 2. The van der Waals surface area contributed by atoms with Crippen LogP contribution in [0.3, 0.4) is 0 Å². The zero-order chi connectivity index (χ0) is 26.7. The number of amides is 1. The smallest absolute Gasteiger partial charge is 0.270 e. The molecule has 1 N–H and O–H groups in total. The molecule has 0 aliphatic carbocycles. The van der Waals surface area contributed by atoms with E-state index in [-0.39, 0.29) is 53.5 Å². The summed E-state index contributed by atoms with van der Waals surface area (Å²) in [5, 5.41) is 13.5. The maximum atomic E-state index is 14.0. The number of nitrogens with one attached hydrogen (secondary N) is 1. The summed E-state index contributed by atoms with van der Waals surface area (Å²) in [5.41, 5.74) is -0.320. The molecule has 2 heterocycles. The molecular weight excluding hydrogens is 528 g/mol. The quantitative estimate of drug-likeness (QED) is 0.256. The Kier molecular flexibility index (Phi) is 7.76. The number of rotatable bonds is 8. The fourth-order valence-electron chi connectivity index (χ4n) is 4.02. The van der Waals surface area contributed by atoms with Crippen LogP contribution >= 0.6 is 11.3 Å². The van der Waals surface area contributed by atoms with Crippen LogP contribution < -0.4 is 5.32 Å². The zero-order valence-electron chi connectivity index (χ0n) is 19.2. The molecular formula is C24H21F2N3O6S2. The van der Waals surface area contributed by atoms with Crippen LogP contribution in [0.4, 0.5) is 14.5 Å². The lowest BCUT2D eigenvalue weighted by Crippen LogP contribution is -2.40. The highest BCUT2D eigenvalue weighted by Gasteiger charge is 2.34. The van der Waals surface area contributed by atoms with Crippen molar-refractivity contribution in [3.63, 3.8) is 0 Å². The predicted molar refractivity (Wildman–Crippen MR) is 131 cm³/mol. The van der Waals surface area contributed by atoms with Crippen molar-refractivity contribution in [2.24, 2.45) is 5.92 Å². The van der Waals surface area contributed by atoms with Gasteiger partial charge in [0.25, 0.3) is 21.6 Å². The summed E-state index contributed by atoms with van der Waals surface area (Å²) >= 11 is 0.981. The van der Waals surface area contributed by atoms with Crippen LogP contribution in [0.25, 0.3) is 0 Å². The van der Waals surface area contributed by atoms with Crippen LogP contribution in [-0.2, 0) is 16.6 Å². The topological polar surface area (TPSA) is 127 Å². The Morgan fingerprint density at radius 1 is 1.08 bits per heavy atom. The van der Waals surface area contributed by atoms with E-state index in [1.165, 1.54) is 28.6 Å².